The average Bonchev–Trinajstić information content (AvgIpc) is 2.23. The van der Waals surface area contributed by atoms with Gasteiger partial charge in [0.15, 0.2) is 0 Å². The van der Waals surface area contributed by atoms with E-state index < -0.39 is 0 Å². The second kappa shape index (κ2) is 6.36. The fourth-order valence-corrected chi connectivity index (χ4v) is 2.25. The van der Waals surface area contributed by atoms with E-state index in [0.717, 1.165) is 19.6 Å². The number of carbonyl (C=O) groups excluding carboxylic acids is 1. The Balaban J connectivity index is 2.31. The van der Waals surface area contributed by atoms with Gasteiger partial charge in [-0.05, 0) is 39.9 Å². The van der Waals surface area contributed by atoms with Gasteiger partial charge in [-0.25, -0.2) is 0 Å². The molecule has 1 saturated carbocycles. The molecule has 0 bridgehead atoms. The maximum Gasteiger partial charge on any atom is 0.224 e. The topological polar surface area (TPSA) is 44.4 Å². The number of amides is 1. The molecule has 0 heterocycles. The first kappa shape index (κ1) is 14.5. The van der Waals surface area contributed by atoms with Crippen LogP contribution in [0.4, 0.5) is 0 Å². The van der Waals surface area contributed by atoms with E-state index >= 15 is 0 Å². The highest BCUT2D eigenvalue weighted by molar-refractivity contribution is 5.78. The summed E-state index contributed by atoms with van der Waals surface area (Å²) in [6.45, 7) is 6.49. The maximum absolute atomic E-state index is 11.9. The van der Waals surface area contributed by atoms with Crippen molar-refractivity contribution in [1.29, 1.82) is 0 Å². The van der Waals surface area contributed by atoms with Crippen molar-refractivity contribution in [3.63, 3.8) is 0 Å². The molecule has 17 heavy (non-hydrogen) atoms. The summed E-state index contributed by atoms with van der Waals surface area (Å²) in [7, 11) is 4.21. The van der Waals surface area contributed by atoms with Crippen LogP contribution in [0, 0.1) is 5.92 Å². The van der Waals surface area contributed by atoms with E-state index in [4.69, 9.17) is 0 Å². The SMILES string of the molecule is CCNCC(C)C(=O)NCC1(N(C)C)CCC1. The number of nitrogens with zero attached hydrogens (tertiary/aromatic N) is 1. The molecule has 100 valence electrons. The lowest BCUT2D eigenvalue weighted by molar-refractivity contribution is -0.125. The van der Waals surface area contributed by atoms with Crippen molar-refractivity contribution in [2.75, 3.05) is 33.7 Å². The second-order valence-corrected chi connectivity index (χ2v) is 5.40. The summed E-state index contributed by atoms with van der Waals surface area (Å²) in [4.78, 5) is 14.1. The van der Waals surface area contributed by atoms with Gasteiger partial charge in [-0.1, -0.05) is 13.8 Å². The van der Waals surface area contributed by atoms with Crippen LogP contribution in [0.1, 0.15) is 33.1 Å². The average molecular weight is 241 g/mol. The third-order valence-electron chi connectivity index (χ3n) is 3.97. The lowest BCUT2D eigenvalue weighted by atomic mass is 9.75. The van der Waals surface area contributed by atoms with Crippen molar-refractivity contribution >= 4 is 5.91 Å². The zero-order valence-corrected chi connectivity index (χ0v) is 11.7. The first-order valence-electron chi connectivity index (χ1n) is 6.67. The first-order chi connectivity index (χ1) is 8.02. The van der Waals surface area contributed by atoms with E-state index in [0.29, 0.717) is 0 Å². The van der Waals surface area contributed by atoms with Gasteiger partial charge in [0.25, 0.3) is 0 Å². The standard InChI is InChI=1S/C13H27N3O/c1-5-14-9-11(2)12(17)15-10-13(16(3)4)7-6-8-13/h11,14H,5-10H2,1-4H3,(H,15,17). The van der Waals surface area contributed by atoms with Crippen LogP contribution in [0.2, 0.25) is 0 Å². The highest BCUT2D eigenvalue weighted by Crippen LogP contribution is 2.35. The molecule has 0 aromatic carbocycles. The number of nitrogens with one attached hydrogen (secondary N) is 2. The van der Waals surface area contributed by atoms with Crippen molar-refractivity contribution in [1.82, 2.24) is 15.5 Å². The number of hydrogen-bond donors (Lipinski definition) is 2. The minimum absolute atomic E-state index is 0.0502. The molecule has 2 N–H and O–H groups in total. The lowest BCUT2D eigenvalue weighted by Gasteiger charge is -2.47. The summed E-state index contributed by atoms with van der Waals surface area (Å²) < 4.78 is 0. The molecule has 0 saturated heterocycles. The minimum atomic E-state index is 0.0502. The van der Waals surface area contributed by atoms with Gasteiger partial charge in [-0.3, -0.25) is 4.79 Å². The zero-order chi connectivity index (χ0) is 12.9. The Kier molecular flexibility index (Phi) is 5.40. The predicted molar refractivity (Wildman–Crippen MR) is 71.0 cm³/mol. The fraction of sp³-hybridized carbons (Fsp3) is 0.923. The van der Waals surface area contributed by atoms with Crippen LogP contribution < -0.4 is 10.6 Å². The Morgan fingerprint density at radius 1 is 1.41 bits per heavy atom. The van der Waals surface area contributed by atoms with Crippen molar-refractivity contribution < 1.29 is 4.79 Å². The molecule has 0 aromatic heterocycles. The normalized spacial score (nSPS) is 19.8. The molecule has 1 fully saturated rings. The summed E-state index contributed by atoms with van der Waals surface area (Å²) in [5, 5.41) is 6.30. The third-order valence-corrected chi connectivity index (χ3v) is 3.97. The van der Waals surface area contributed by atoms with E-state index in [1.807, 2.05) is 6.92 Å². The van der Waals surface area contributed by atoms with Gasteiger partial charge in [0.1, 0.15) is 0 Å². The summed E-state index contributed by atoms with van der Waals surface area (Å²) in [5.74, 6) is 0.216. The smallest absolute Gasteiger partial charge is 0.224 e. The van der Waals surface area contributed by atoms with Crippen LogP contribution >= 0.6 is 0 Å². The van der Waals surface area contributed by atoms with Crippen LogP contribution in [-0.4, -0.2) is 50.1 Å². The quantitative estimate of drug-likeness (QED) is 0.694. The summed E-state index contributed by atoms with van der Waals surface area (Å²) in [5.41, 5.74) is 0.216. The molecule has 4 nitrogen and oxygen atoms in total. The molecular weight excluding hydrogens is 214 g/mol. The molecule has 1 unspecified atom stereocenters. The second-order valence-electron chi connectivity index (χ2n) is 5.40. The monoisotopic (exact) mass is 241 g/mol. The van der Waals surface area contributed by atoms with E-state index in [2.05, 4.69) is 36.6 Å². The molecule has 0 aromatic rings. The van der Waals surface area contributed by atoms with E-state index in [1.165, 1.54) is 19.3 Å². The molecule has 4 heteroatoms. The predicted octanol–water partition coefficient (Wildman–Crippen LogP) is 0.833. The summed E-state index contributed by atoms with van der Waals surface area (Å²) in [6.07, 6.45) is 3.67. The first-order valence-corrected chi connectivity index (χ1v) is 6.67. The van der Waals surface area contributed by atoms with E-state index in [-0.39, 0.29) is 17.4 Å². The van der Waals surface area contributed by atoms with Crippen LogP contribution in [-0.2, 0) is 4.79 Å². The Labute approximate surface area is 105 Å². The van der Waals surface area contributed by atoms with E-state index in [1.54, 1.807) is 0 Å². The Bertz CT molecular complexity index is 249. The van der Waals surface area contributed by atoms with Crippen molar-refractivity contribution in [2.45, 2.75) is 38.6 Å². The van der Waals surface area contributed by atoms with E-state index in [9.17, 15) is 4.79 Å². The van der Waals surface area contributed by atoms with Gasteiger partial charge < -0.3 is 15.5 Å². The van der Waals surface area contributed by atoms with Crippen molar-refractivity contribution in [2.24, 2.45) is 5.92 Å². The van der Waals surface area contributed by atoms with Gasteiger partial charge >= 0.3 is 0 Å². The van der Waals surface area contributed by atoms with Gasteiger partial charge in [0.05, 0.1) is 0 Å². The number of hydrogen-bond acceptors (Lipinski definition) is 3. The lowest BCUT2D eigenvalue weighted by Crippen LogP contribution is -2.57. The van der Waals surface area contributed by atoms with Crippen LogP contribution in [0.3, 0.4) is 0 Å². The molecule has 1 atom stereocenters. The number of likely N-dealkylation sites (N-methyl/N-ethyl adjacent to an activating group) is 1. The minimum Gasteiger partial charge on any atom is -0.354 e. The van der Waals surface area contributed by atoms with Gasteiger partial charge in [0, 0.05) is 24.5 Å². The van der Waals surface area contributed by atoms with Gasteiger partial charge in [0.2, 0.25) is 5.91 Å². The molecule has 0 aliphatic heterocycles. The molecular formula is C13H27N3O. The molecule has 1 aliphatic rings. The number of carbonyl (C=O) groups is 1. The van der Waals surface area contributed by atoms with Crippen LogP contribution in [0.15, 0.2) is 0 Å². The van der Waals surface area contributed by atoms with Gasteiger partial charge in [-0.15, -0.1) is 0 Å². The van der Waals surface area contributed by atoms with Crippen LogP contribution in [0.25, 0.3) is 0 Å². The summed E-state index contributed by atoms with van der Waals surface area (Å²) >= 11 is 0. The zero-order valence-electron chi connectivity index (χ0n) is 11.7. The largest absolute Gasteiger partial charge is 0.354 e. The highest BCUT2D eigenvalue weighted by atomic mass is 16.1. The molecule has 1 rings (SSSR count). The Morgan fingerprint density at radius 3 is 2.47 bits per heavy atom. The Hall–Kier alpha value is -0.610. The molecule has 0 radical (unpaired) electrons. The fourth-order valence-electron chi connectivity index (χ4n) is 2.25. The number of rotatable bonds is 7. The Morgan fingerprint density at radius 2 is 2.06 bits per heavy atom. The van der Waals surface area contributed by atoms with Crippen molar-refractivity contribution in [3.05, 3.63) is 0 Å². The van der Waals surface area contributed by atoms with Crippen molar-refractivity contribution in [3.8, 4) is 0 Å². The molecule has 1 aliphatic carbocycles. The van der Waals surface area contributed by atoms with Crippen LogP contribution in [0.5, 0.6) is 0 Å². The summed E-state index contributed by atoms with van der Waals surface area (Å²) in [6, 6.07) is 0. The highest BCUT2D eigenvalue weighted by Gasteiger charge is 2.39. The maximum atomic E-state index is 11.9. The van der Waals surface area contributed by atoms with Gasteiger partial charge in [-0.2, -0.15) is 0 Å². The molecule has 1 amide bonds. The third kappa shape index (κ3) is 3.68. The molecule has 0 spiro atoms.